The van der Waals surface area contributed by atoms with Gasteiger partial charge in [0, 0.05) is 12.5 Å². The molecule has 0 aliphatic carbocycles. The first-order chi connectivity index (χ1) is 21.7. The van der Waals surface area contributed by atoms with Gasteiger partial charge in [-0.15, -0.1) is 0 Å². The van der Waals surface area contributed by atoms with Crippen LogP contribution in [0.1, 0.15) is 53.5 Å². The molecule has 3 aromatic carbocycles. The van der Waals surface area contributed by atoms with Gasteiger partial charge in [-0.1, -0.05) is 118 Å². The minimum Gasteiger partial charge on any atom is -0.459 e. The monoisotopic (exact) mass is 642 g/mol. The number of hydrogen-bond donors (Lipinski definition) is 1. The van der Waals surface area contributed by atoms with Crippen LogP contribution in [0.3, 0.4) is 0 Å². The average Bonchev–Trinajstić information content (AvgIpc) is 3.43. The Morgan fingerprint density at radius 3 is 1.91 bits per heavy atom. The summed E-state index contributed by atoms with van der Waals surface area (Å²) in [4.78, 5) is 27.6. The van der Waals surface area contributed by atoms with Crippen LogP contribution >= 0.6 is 0 Å². The first-order valence-corrected chi connectivity index (χ1v) is 17.5. The number of esters is 1. The van der Waals surface area contributed by atoms with Crippen LogP contribution in [-0.4, -0.2) is 73.0 Å². The maximum atomic E-state index is 13.8. The highest BCUT2D eigenvalue weighted by Gasteiger charge is 2.54. The highest BCUT2D eigenvalue weighted by molar-refractivity contribution is 6.99. The Bertz CT molecular complexity index is 1470. The number of carbonyl (C=O) groups excluding carboxylic acids is 2. The topological polar surface area (TPSA) is 88.5 Å². The van der Waals surface area contributed by atoms with Gasteiger partial charge in [0.1, 0.15) is 11.6 Å². The van der Waals surface area contributed by atoms with Crippen LogP contribution in [0.15, 0.2) is 91.0 Å². The van der Waals surface area contributed by atoms with Crippen molar-refractivity contribution in [1.29, 1.82) is 0 Å². The van der Waals surface area contributed by atoms with E-state index in [-0.39, 0.29) is 18.1 Å². The minimum absolute atomic E-state index is 0.125. The summed E-state index contributed by atoms with van der Waals surface area (Å²) in [5, 5.41) is 14.5. The molecule has 46 heavy (non-hydrogen) atoms. The van der Waals surface area contributed by atoms with Gasteiger partial charge in [0.05, 0.1) is 25.8 Å². The molecule has 1 heterocycles. The van der Waals surface area contributed by atoms with E-state index >= 15 is 0 Å². The number of hydroxylamine groups is 2. The van der Waals surface area contributed by atoms with Crippen molar-refractivity contribution < 1.29 is 28.7 Å². The number of likely N-dealkylation sites (tertiary alicyclic amines) is 1. The van der Waals surface area contributed by atoms with Gasteiger partial charge in [0.25, 0.3) is 8.32 Å². The number of hydrogen-bond acceptors (Lipinski definition) is 7. The zero-order valence-corrected chi connectivity index (χ0v) is 28.9. The number of rotatable bonds is 8. The van der Waals surface area contributed by atoms with Crippen molar-refractivity contribution in [3.05, 3.63) is 96.6 Å². The van der Waals surface area contributed by atoms with Crippen LogP contribution in [0.2, 0.25) is 5.04 Å². The Kier molecular flexibility index (Phi) is 11.1. The molecule has 1 aliphatic heterocycles. The van der Waals surface area contributed by atoms with E-state index in [4.69, 9.17) is 13.9 Å². The molecule has 0 saturated carbocycles. The molecule has 0 radical (unpaired) electrons. The molecule has 0 unspecified atom stereocenters. The number of amides is 1. The van der Waals surface area contributed by atoms with Gasteiger partial charge in [-0.25, -0.2) is 9.59 Å². The number of methoxy groups -OCH3 is 1. The lowest BCUT2D eigenvalue weighted by atomic mass is 10.0. The molecule has 1 saturated heterocycles. The molecule has 1 fully saturated rings. The van der Waals surface area contributed by atoms with E-state index in [2.05, 4.69) is 56.9 Å². The van der Waals surface area contributed by atoms with Crippen LogP contribution in [0.5, 0.6) is 0 Å². The lowest BCUT2D eigenvalue weighted by molar-refractivity contribution is -0.135. The summed E-state index contributed by atoms with van der Waals surface area (Å²) in [6.45, 7) is 12.4. The summed E-state index contributed by atoms with van der Waals surface area (Å²) in [7, 11) is -1.73. The van der Waals surface area contributed by atoms with Crippen molar-refractivity contribution in [3.63, 3.8) is 0 Å². The number of nitrogens with zero attached hydrogens (tertiary/aromatic N) is 2. The van der Waals surface area contributed by atoms with Gasteiger partial charge in [0.15, 0.2) is 0 Å². The molecule has 0 spiro atoms. The quantitative estimate of drug-likeness (QED) is 0.116. The van der Waals surface area contributed by atoms with Crippen LogP contribution in [0, 0.1) is 11.8 Å². The molecule has 9 heteroatoms. The highest BCUT2D eigenvalue weighted by atomic mass is 28.4. The van der Waals surface area contributed by atoms with E-state index in [1.165, 1.54) is 7.11 Å². The molecule has 0 bridgehead atoms. The second-order valence-corrected chi connectivity index (χ2v) is 17.9. The lowest BCUT2D eigenvalue weighted by Gasteiger charge is -2.44. The van der Waals surface area contributed by atoms with E-state index in [1.807, 2.05) is 87.5 Å². The summed E-state index contributed by atoms with van der Waals surface area (Å²) in [6.07, 6.45) is -0.601. The van der Waals surface area contributed by atoms with Crippen LogP contribution in [-0.2, 0) is 25.2 Å². The fraction of sp³-hybridized carbons (Fsp3) is 0.405. The fourth-order valence-electron chi connectivity index (χ4n) is 6.10. The summed E-state index contributed by atoms with van der Waals surface area (Å²) in [6, 6.07) is 28.5. The predicted octanol–water partition coefficient (Wildman–Crippen LogP) is 5.38. The van der Waals surface area contributed by atoms with Crippen LogP contribution in [0.4, 0.5) is 4.79 Å². The fourth-order valence-corrected chi connectivity index (χ4v) is 10.8. The molecule has 1 N–H and O–H groups in total. The molecule has 8 nitrogen and oxygen atoms in total. The zero-order chi connectivity index (χ0) is 33.5. The van der Waals surface area contributed by atoms with Gasteiger partial charge < -0.3 is 19.1 Å². The normalized spacial score (nSPS) is 17.6. The van der Waals surface area contributed by atoms with Crippen molar-refractivity contribution in [3.8, 4) is 11.8 Å². The maximum absolute atomic E-state index is 13.8. The van der Waals surface area contributed by atoms with Gasteiger partial charge in [-0.3, -0.25) is 4.90 Å². The molecule has 3 atom stereocenters. The zero-order valence-electron chi connectivity index (χ0n) is 27.9. The number of benzene rings is 3. The number of ether oxygens (including phenoxy) is 2. The predicted molar refractivity (Wildman–Crippen MR) is 181 cm³/mol. The molecule has 244 valence electrons. The van der Waals surface area contributed by atoms with Crippen molar-refractivity contribution in [2.75, 3.05) is 13.7 Å². The summed E-state index contributed by atoms with van der Waals surface area (Å²) in [5.41, 5.74) is 0.0890. The smallest absolute Gasteiger partial charge is 0.410 e. The van der Waals surface area contributed by atoms with Crippen molar-refractivity contribution >= 4 is 30.8 Å². The van der Waals surface area contributed by atoms with Gasteiger partial charge in [0.2, 0.25) is 0 Å². The van der Waals surface area contributed by atoms with E-state index in [1.54, 1.807) is 4.90 Å². The third kappa shape index (κ3) is 8.25. The molecule has 1 amide bonds. The van der Waals surface area contributed by atoms with Crippen molar-refractivity contribution in [2.24, 2.45) is 0 Å². The Balaban J connectivity index is 1.80. The van der Waals surface area contributed by atoms with E-state index in [9.17, 15) is 14.8 Å². The Hall–Kier alpha value is -3.94. The molecular weight excluding hydrogens is 597 g/mol. The van der Waals surface area contributed by atoms with E-state index in [0.717, 1.165) is 21.0 Å². The standard InChI is InChI=1S/C37H46N2O6Si/c1-36(2,3)44-35(41)38-27-29(25-33(38)32(23-24-34(40)43-7)39(42)26-28-17-11-8-12-18-28)45-46(37(4,5)6,30-19-13-9-14-20-30)31-21-15-10-16-22-31/h8-22,29,32-33,42H,25-27H2,1-7H3/t29-,32+,33+/m1/s1. The van der Waals surface area contributed by atoms with Gasteiger partial charge in [-0.05, 0) is 48.2 Å². The molecular formula is C37H46N2O6Si. The molecule has 3 aromatic rings. The summed E-state index contributed by atoms with van der Waals surface area (Å²) in [5.74, 6) is 4.68. The Morgan fingerprint density at radius 2 is 1.43 bits per heavy atom. The number of carbonyl (C=O) groups is 2. The Morgan fingerprint density at radius 1 is 0.913 bits per heavy atom. The van der Waals surface area contributed by atoms with Gasteiger partial charge in [-0.2, -0.15) is 5.06 Å². The first-order valence-electron chi connectivity index (χ1n) is 15.6. The third-order valence-corrected chi connectivity index (χ3v) is 13.2. The largest absolute Gasteiger partial charge is 0.459 e. The van der Waals surface area contributed by atoms with E-state index in [0.29, 0.717) is 6.42 Å². The molecule has 0 aromatic heterocycles. The molecule has 4 rings (SSSR count). The SMILES string of the molecule is COC(=O)C#C[C@@H]([C@@H]1C[C@@H](O[Si](c2ccccc2)(c2ccccc2)C(C)(C)C)CN1C(=O)OC(C)(C)C)N(O)Cc1ccccc1. The second kappa shape index (κ2) is 14.7. The minimum atomic E-state index is -2.99. The van der Waals surface area contributed by atoms with Crippen LogP contribution < -0.4 is 10.4 Å². The summed E-state index contributed by atoms with van der Waals surface area (Å²) < 4.78 is 18.1. The molecule has 1 aliphatic rings. The van der Waals surface area contributed by atoms with Crippen LogP contribution in [0.25, 0.3) is 0 Å². The van der Waals surface area contributed by atoms with Crippen molar-refractivity contribution in [1.82, 2.24) is 9.96 Å². The average molecular weight is 643 g/mol. The van der Waals surface area contributed by atoms with Gasteiger partial charge >= 0.3 is 12.1 Å². The maximum Gasteiger partial charge on any atom is 0.410 e. The second-order valence-electron chi connectivity index (χ2n) is 13.6. The van der Waals surface area contributed by atoms with E-state index < -0.39 is 44.2 Å². The third-order valence-electron chi connectivity index (χ3n) is 8.07. The Labute approximate surface area is 274 Å². The highest BCUT2D eigenvalue weighted by Crippen LogP contribution is 2.40. The first kappa shape index (κ1) is 34.9. The van der Waals surface area contributed by atoms with Crippen molar-refractivity contribution in [2.45, 2.75) is 83.3 Å². The lowest BCUT2D eigenvalue weighted by Crippen LogP contribution is -2.67. The summed E-state index contributed by atoms with van der Waals surface area (Å²) >= 11 is 0.